The zero-order valence-corrected chi connectivity index (χ0v) is 7.64. The first-order valence-corrected chi connectivity index (χ1v) is 3.73. The first kappa shape index (κ1) is 10.5. The Kier molecular flexibility index (Phi) is 3.06. The van der Waals surface area contributed by atoms with Crippen molar-refractivity contribution >= 4 is 0 Å². The molecule has 1 aromatic rings. The molecule has 6 heteroatoms. The third-order valence-electron chi connectivity index (χ3n) is 1.69. The molecule has 0 aliphatic carbocycles. The van der Waals surface area contributed by atoms with Crippen LogP contribution in [0.15, 0.2) is 11.0 Å². The van der Waals surface area contributed by atoms with Crippen LogP contribution >= 0.6 is 0 Å². The quantitative estimate of drug-likeness (QED) is 0.809. The van der Waals surface area contributed by atoms with Crippen molar-refractivity contribution in [3.63, 3.8) is 0 Å². The maximum atomic E-state index is 12.4. The largest absolute Gasteiger partial charge is 0.492 e. The lowest BCUT2D eigenvalue weighted by molar-refractivity contribution is 0.144. The monoisotopic (exact) mass is 205 g/mol. The first-order chi connectivity index (χ1) is 6.61. The van der Waals surface area contributed by atoms with E-state index in [4.69, 9.17) is 4.74 Å². The number of hydrogen-bond donors (Lipinski definition) is 1. The predicted octanol–water partition coefficient (Wildman–Crippen LogP) is 1.33. The molecule has 0 aliphatic heterocycles. The molecule has 0 unspecified atom stereocenters. The van der Waals surface area contributed by atoms with Gasteiger partial charge in [0.25, 0.3) is 12.0 Å². The molecule has 0 saturated carbocycles. The fourth-order valence-electron chi connectivity index (χ4n) is 1.07. The Bertz CT molecular complexity index is 375. The zero-order valence-electron chi connectivity index (χ0n) is 7.64. The summed E-state index contributed by atoms with van der Waals surface area (Å²) in [7, 11) is 2.49. The van der Waals surface area contributed by atoms with Crippen LogP contribution in [0.5, 0.6) is 11.5 Å². The highest BCUT2D eigenvalue weighted by Crippen LogP contribution is 2.33. The third kappa shape index (κ3) is 1.68. The number of methoxy groups -OCH3 is 2. The maximum absolute atomic E-state index is 12.4. The summed E-state index contributed by atoms with van der Waals surface area (Å²) in [5.41, 5.74) is -1.59. The minimum absolute atomic E-state index is 0.0717. The molecule has 0 spiro atoms. The molecular formula is C8H9F2NO3. The van der Waals surface area contributed by atoms with Crippen molar-refractivity contribution in [2.45, 2.75) is 6.43 Å². The van der Waals surface area contributed by atoms with E-state index < -0.39 is 17.5 Å². The van der Waals surface area contributed by atoms with E-state index in [-0.39, 0.29) is 11.5 Å². The summed E-state index contributed by atoms with van der Waals surface area (Å²) < 4.78 is 34.3. The second kappa shape index (κ2) is 4.08. The average molecular weight is 205 g/mol. The van der Waals surface area contributed by atoms with Crippen LogP contribution in [0.1, 0.15) is 12.0 Å². The normalized spacial score (nSPS) is 10.4. The van der Waals surface area contributed by atoms with E-state index in [0.29, 0.717) is 0 Å². The van der Waals surface area contributed by atoms with Gasteiger partial charge in [0.1, 0.15) is 5.56 Å². The number of pyridine rings is 1. The Balaban J connectivity index is 3.43. The SMILES string of the molecule is COc1c[nH]c(=O)c(C(F)F)c1OC. The minimum atomic E-state index is -2.90. The summed E-state index contributed by atoms with van der Waals surface area (Å²) in [4.78, 5) is 13.2. The van der Waals surface area contributed by atoms with E-state index in [1.165, 1.54) is 20.4 Å². The molecule has 0 fully saturated rings. The number of ether oxygens (including phenoxy) is 2. The van der Waals surface area contributed by atoms with Crippen LogP contribution in [0, 0.1) is 0 Å². The first-order valence-electron chi connectivity index (χ1n) is 3.73. The number of H-pyrrole nitrogens is 1. The van der Waals surface area contributed by atoms with Crippen molar-refractivity contribution in [2.75, 3.05) is 14.2 Å². The summed E-state index contributed by atoms with van der Waals surface area (Å²) in [6, 6.07) is 0. The molecule has 1 heterocycles. The second-order valence-electron chi connectivity index (χ2n) is 2.43. The molecule has 0 bridgehead atoms. The molecule has 4 nitrogen and oxygen atoms in total. The van der Waals surface area contributed by atoms with Gasteiger partial charge in [0, 0.05) is 0 Å². The Labute approximate surface area is 78.5 Å². The summed E-state index contributed by atoms with van der Waals surface area (Å²) in [6.07, 6.45) is -1.73. The van der Waals surface area contributed by atoms with Crippen molar-refractivity contribution in [2.24, 2.45) is 0 Å². The molecule has 0 radical (unpaired) electrons. The van der Waals surface area contributed by atoms with Crippen molar-refractivity contribution in [1.82, 2.24) is 4.98 Å². The molecule has 0 amide bonds. The van der Waals surface area contributed by atoms with Gasteiger partial charge in [-0.3, -0.25) is 4.79 Å². The Morgan fingerprint density at radius 2 is 2.00 bits per heavy atom. The van der Waals surface area contributed by atoms with Crippen LogP contribution in [-0.4, -0.2) is 19.2 Å². The van der Waals surface area contributed by atoms with Crippen molar-refractivity contribution in [1.29, 1.82) is 0 Å². The van der Waals surface area contributed by atoms with Crippen molar-refractivity contribution in [3.05, 3.63) is 22.1 Å². The predicted molar refractivity (Wildman–Crippen MR) is 45.1 cm³/mol. The molecule has 1 aromatic heterocycles. The molecule has 0 aromatic carbocycles. The number of alkyl halides is 2. The molecular weight excluding hydrogens is 196 g/mol. The highest BCUT2D eigenvalue weighted by atomic mass is 19.3. The van der Waals surface area contributed by atoms with E-state index in [1.54, 1.807) is 0 Å². The van der Waals surface area contributed by atoms with Crippen molar-refractivity contribution in [3.8, 4) is 11.5 Å². The standard InChI is InChI=1S/C8H9F2NO3/c1-13-4-3-11-8(12)5(7(9)10)6(4)14-2/h3,7H,1-2H3,(H,11,12). The van der Waals surface area contributed by atoms with Gasteiger partial charge >= 0.3 is 0 Å². The molecule has 1 rings (SSSR count). The minimum Gasteiger partial charge on any atom is -0.492 e. The number of hydrogen-bond acceptors (Lipinski definition) is 3. The molecule has 78 valence electrons. The Morgan fingerprint density at radius 1 is 1.36 bits per heavy atom. The number of halogens is 2. The number of rotatable bonds is 3. The van der Waals surface area contributed by atoms with Gasteiger partial charge in [-0.15, -0.1) is 0 Å². The smallest absolute Gasteiger partial charge is 0.272 e. The van der Waals surface area contributed by atoms with Gasteiger partial charge in [-0.2, -0.15) is 0 Å². The highest BCUT2D eigenvalue weighted by molar-refractivity contribution is 5.44. The van der Waals surface area contributed by atoms with Gasteiger partial charge in [0.15, 0.2) is 11.5 Å². The van der Waals surface area contributed by atoms with Crippen LogP contribution in [0.2, 0.25) is 0 Å². The van der Waals surface area contributed by atoms with E-state index in [9.17, 15) is 13.6 Å². The maximum Gasteiger partial charge on any atom is 0.272 e. The van der Waals surface area contributed by atoms with Crippen LogP contribution in [0.4, 0.5) is 8.78 Å². The lowest BCUT2D eigenvalue weighted by atomic mass is 10.2. The van der Waals surface area contributed by atoms with E-state index >= 15 is 0 Å². The van der Waals surface area contributed by atoms with Gasteiger partial charge in [-0.05, 0) is 0 Å². The lowest BCUT2D eigenvalue weighted by Gasteiger charge is -2.10. The van der Waals surface area contributed by atoms with Gasteiger partial charge in [-0.25, -0.2) is 8.78 Å². The van der Waals surface area contributed by atoms with E-state index in [0.717, 1.165) is 0 Å². The number of nitrogens with one attached hydrogen (secondary N) is 1. The van der Waals surface area contributed by atoms with Crippen LogP contribution in [0.25, 0.3) is 0 Å². The third-order valence-corrected chi connectivity index (χ3v) is 1.69. The summed E-state index contributed by atoms with van der Waals surface area (Å²) in [5.74, 6) is -0.159. The Morgan fingerprint density at radius 3 is 2.43 bits per heavy atom. The van der Waals surface area contributed by atoms with Crippen LogP contribution in [0.3, 0.4) is 0 Å². The highest BCUT2D eigenvalue weighted by Gasteiger charge is 2.22. The van der Waals surface area contributed by atoms with E-state index in [2.05, 4.69) is 9.72 Å². The summed E-state index contributed by atoms with van der Waals surface area (Å²) >= 11 is 0. The van der Waals surface area contributed by atoms with Gasteiger partial charge in [0.2, 0.25) is 0 Å². The van der Waals surface area contributed by atoms with Crippen molar-refractivity contribution < 1.29 is 18.3 Å². The fourth-order valence-corrected chi connectivity index (χ4v) is 1.07. The fraction of sp³-hybridized carbons (Fsp3) is 0.375. The molecule has 1 N–H and O–H groups in total. The summed E-state index contributed by atoms with van der Waals surface area (Å²) in [5, 5.41) is 0. The number of aromatic amines is 1. The molecule has 0 atom stereocenters. The topological polar surface area (TPSA) is 51.3 Å². The molecule has 0 saturated heterocycles. The van der Waals surface area contributed by atoms with Crippen LogP contribution in [-0.2, 0) is 0 Å². The molecule has 0 aliphatic rings. The average Bonchev–Trinajstić information content (AvgIpc) is 2.16. The lowest BCUT2D eigenvalue weighted by Crippen LogP contribution is -2.14. The van der Waals surface area contributed by atoms with Gasteiger partial charge < -0.3 is 14.5 Å². The number of aromatic nitrogens is 1. The van der Waals surface area contributed by atoms with Gasteiger partial charge in [0.05, 0.1) is 20.4 Å². The van der Waals surface area contributed by atoms with Crippen LogP contribution < -0.4 is 15.0 Å². The van der Waals surface area contributed by atoms with Gasteiger partial charge in [-0.1, -0.05) is 0 Å². The zero-order chi connectivity index (χ0) is 10.7. The second-order valence-corrected chi connectivity index (χ2v) is 2.43. The molecule has 14 heavy (non-hydrogen) atoms. The Hall–Kier alpha value is -1.59. The summed E-state index contributed by atoms with van der Waals surface area (Å²) in [6.45, 7) is 0. The van der Waals surface area contributed by atoms with E-state index in [1.807, 2.05) is 0 Å².